The summed E-state index contributed by atoms with van der Waals surface area (Å²) in [5, 5.41) is 0.850. The molecule has 0 radical (unpaired) electrons. The van der Waals surface area contributed by atoms with Crippen LogP contribution in [0.3, 0.4) is 0 Å². The third kappa shape index (κ3) is 2.63. The summed E-state index contributed by atoms with van der Waals surface area (Å²) in [6, 6.07) is 19.4. The molecule has 150 valence electrons. The average molecular weight is 428 g/mol. The molecule has 0 bridgehead atoms. The van der Waals surface area contributed by atoms with Crippen LogP contribution >= 0.6 is 11.3 Å². The first kappa shape index (κ1) is 18.0. The number of carbonyl (C=O) groups is 1. The van der Waals surface area contributed by atoms with E-state index in [1.54, 1.807) is 36.4 Å². The zero-order chi connectivity index (χ0) is 21.1. The predicted octanol–water partition coefficient (Wildman–Crippen LogP) is 5.29. The second-order valence-electron chi connectivity index (χ2n) is 7.26. The molecular formula is C24H13FN2O3S. The van der Waals surface area contributed by atoms with Crippen molar-refractivity contribution < 1.29 is 13.6 Å². The molecule has 7 heteroatoms. The highest BCUT2D eigenvalue weighted by Gasteiger charge is 2.44. The molecule has 0 N–H and O–H groups in total. The lowest BCUT2D eigenvalue weighted by atomic mass is 9.99. The summed E-state index contributed by atoms with van der Waals surface area (Å²) in [7, 11) is 0. The lowest BCUT2D eigenvalue weighted by Crippen LogP contribution is -2.29. The molecular weight excluding hydrogens is 415 g/mol. The number of halogens is 1. The summed E-state index contributed by atoms with van der Waals surface area (Å²) in [6.07, 6.45) is 0. The number of anilines is 1. The van der Waals surface area contributed by atoms with Gasteiger partial charge in [0.15, 0.2) is 10.6 Å². The van der Waals surface area contributed by atoms with Gasteiger partial charge in [-0.3, -0.25) is 14.5 Å². The lowest BCUT2D eigenvalue weighted by Gasteiger charge is -2.22. The summed E-state index contributed by atoms with van der Waals surface area (Å²) in [5.41, 5.74) is 1.69. The van der Waals surface area contributed by atoms with Gasteiger partial charge in [0.05, 0.1) is 27.2 Å². The molecule has 0 spiro atoms. The first-order chi connectivity index (χ1) is 15.1. The number of hydrogen-bond donors (Lipinski definition) is 0. The fraction of sp³-hybridized carbons (Fsp3) is 0.0417. The summed E-state index contributed by atoms with van der Waals surface area (Å²) >= 11 is 1.36. The van der Waals surface area contributed by atoms with Crippen molar-refractivity contribution in [3.8, 4) is 0 Å². The summed E-state index contributed by atoms with van der Waals surface area (Å²) < 4.78 is 20.5. The van der Waals surface area contributed by atoms with E-state index < -0.39 is 17.8 Å². The minimum atomic E-state index is -0.760. The monoisotopic (exact) mass is 428 g/mol. The number of benzene rings is 3. The van der Waals surface area contributed by atoms with Gasteiger partial charge in [0, 0.05) is 0 Å². The van der Waals surface area contributed by atoms with E-state index in [0.717, 1.165) is 10.2 Å². The molecule has 0 aliphatic carbocycles. The summed E-state index contributed by atoms with van der Waals surface area (Å²) in [6.45, 7) is 0. The first-order valence-corrected chi connectivity index (χ1v) is 10.4. The molecule has 0 unspecified atom stereocenters. The Bertz CT molecular complexity index is 1520. The maximum atomic E-state index is 13.6. The van der Waals surface area contributed by atoms with Crippen LogP contribution in [-0.2, 0) is 0 Å². The zero-order valence-corrected chi connectivity index (χ0v) is 16.7. The smallest absolute Gasteiger partial charge is 0.297 e. The minimum absolute atomic E-state index is 0.00252. The van der Waals surface area contributed by atoms with Gasteiger partial charge in [-0.1, -0.05) is 47.7 Å². The maximum absolute atomic E-state index is 13.6. The number of rotatable bonds is 2. The SMILES string of the molecule is O=C1c2oc3ccccc3c(=O)c2[C@@H](c2ccc(F)cc2)N1c1nc2ccccc2s1. The molecule has 1 amide bonds. The van der Waals surface area contributed by atoms with Crippen LogP contribution in [0.25, 0.3) is 21.2 Å². The van der Waals surface area contributed by atoms with Gasteiger partial charge >= 0.3 is 0 Å². The normalized spacial score (nSPS) is 15.7. The molecule has 0 fully saturated rings. The van der Waals surface area contributed by atoms with Crippen molar-refractivity contribution in [2.75, 3.05) is 4.90 Å². The van der Waals surface area contributed by atoms with Gasteiger partial charge in [0.1, 0.15) is 11.4 Å². The Morgan fingerprint density at radius 3 is 2.48 bits per heavy atom. The van der Waals surface area contributed by atoms with Gasteiger partial charge in [0.25, 0.3) is 5.91 Å². The van der Waals surface area contributed by atoms with Crippen LogP contribution in [0.1, 0.15) is 27.7 Å². The standard InChI is InChI=1S/C24H13FN2O3S/c25-14-11-9-13(10-12-14)20-19-21(28)15-5-1-3-7-17(15)30-22(19)23(29)27(20)24-26-16-6-2-4-8-18(16)31-24/h1-12,20H/t20-/m1/s1. The third-order valence-corrected chi connectivity index (χ3v) is 6.49. The molecule has 31 heavy (non-hydrogen) atoms. The van der Waals surface area contributed by atoms with E-state index in [-0.39, 0.29) is 16.8 Å². The number of thiazole rings is 1. The van der Waals surface area contributed by atoms with Crippen LogP contribution in [0.2, 0.25) is 0 Å². The van der Waals surface area contributed by atoms with Crippen LogP contribution in [0.5, 0.6) is 0 Å². The Morgan fingerprint density at radius 2 is 1.68 bits per heavy atom. The second kappa shape index (κ2) is 6.58. The van der Waals surface area contributed by atoms with Crippen molar-refractivity contribution in [3.05, 3.63) is 106 Å². The molecule has 1 atom stereocenters. The highest BCUT2D eigenvalue weighted by molar-refractivity contribution is 7.22. The van der Waals surface area contributed by atoms with Crippen molar-refractivity contribution in [3.63, 3.8) is 0 Å². The Balaban J connectivity index is 1.65. The molecule has 6 rings (SSSR count). The van der Waals surface area contributed by atoms with Gasteiger partial charge in [-0.05, 0) is 42.0 Å². The van der Waals surface area contributed by atoms with E-state index in [0.29, 0.717) is 21.7 Å². The van der Waals surface area contributed by atoms with E-state index in [2.05, 4.69) is 4.98 Å². The third-order valence-electron chi connectivity index (χ3n) is 5.45. The Hall–Kier alpha value is -3.84. The van der Waals surface area contributed by atoms with Crippen LogP contribution in [0, 0.1) is 5.82 Å². The molecule has 3 aromatic carbocycles. The molecule has 0 saturated heterocycles. The second-order valence-corrected chi connectivity index (χ2v) is 8.27. The molecule has 0 saturated carbocycles. The fourth-order valence-corrected chi connectivity index (χ4v) is 5.03. The molecule has 3 heterocycles. The Kier molecular flexibility index (Phi) is 3.82. The predicted molar refractivity (Wildman–Crippen MR) is 117 cm³/mol. The number of amides is 1. The van der Waals surface area contributed by atoms with E-state index >= 15 is 0 Å². The van der Waals surface area contributed by atoms with Gasteiger partial charge in [0.2, 0.25) is 5.76 Å². The number of para-hydroxylation sites is 2. The van der Waals surface area contributed by atoms with Crippen molar-refractivity contribution in [1.82, 2.24) is 4.98 Å². The quantitative estimate of drug-likeness (QED) is 0.383. The van der Waals surface area contributed by atoms with Crippen LogP contribution < -0.4 is 10.3 Å². The van der Waals surface area contributed by atoms with E-state index in [9.17, 15) is 14.0 Å². The lowest BCUT2D eigenvalue weighted by molar-refractivity contribution is 0.0971. The number of hydrogen-bond acceptors (Lipinski definition) is 5. The van der Waals surface area contributed by atoms with E-state index in [4.69, 9.17) is 4.42 Å². The molecule has 5 nitrogen and oxygen atoms in total. The number of fused-ring (bicyclic) bond motifs is 3. The minimum Gasteiger partial charge on any atom is -0.450 e. The first-order valence-electron chi connectivity index (χ1n) is 9.62. The molecule has 1 aliphatic rings. The highest BCUT2D eigenvalue weighted by Crippen LogP contribution is 2.43. The van der Waals surface area contributed by atoms with Crippen molar-refractivity contribution in [2.24, 2.45) is 0 Å². The molecule has 2 aromatic heterocycles. The van der Waals surface area contributed by atoms with Gasteiger partial charge < -0.3 is 4.42 Å². The summed E-state index contributed by atoms with van der Waals surface area (Å²) in [4.78, 5) is 33.0. The van der Waals surface area contributed by atoms with E-state index in [1.165, 1.54) is 28.4 Å². The molecule has 5 aromatic rings. The fourth-order valence-electron chi connectivity index (χ4n) is 4.04. The topological polar surface area (TPSA) is 63.4 Å². The van der Waals surface area contributed by atoms with Crippen molar-refractivity contribution >= 4 is 43.6 Å². The maximum Gasteiger partial charge on any atom is 0.297 e. The number of aromatic nitrogens is 1. The largest absolute Gasteiger partial charge is 0.450 e. The number of nitrogens with zero attached hydrogens (tertiary/aromatic N) is 2. The molecule has 1 aliphatic heterocycles. The number of carbonyl (C=O) groups excluding carboxylic acids is 1. The average Bonchev–Trinajstić information content (AvgIpc) is 3.33. The zero-order valence-electron chi connectivity index (χ0n) is 15.9. The Labute approximate surface area is 179 Å². The summed E-state index contributed by atoms with van der Waals surface area (Å²) in [5.74, 6) is -0.839. The van der Waals surface area contributed by atoms with Crippen molar-refractivity contribution in [2.45, 2.75) is 6.04 Å². The van der Waals surface area contributed by atoms with Crippen LogP contribution in [0.15, 0.2) is 82.0 Å². The van der Waals surface area contributed by atoms with Gasteiger partial charge in [-0.25, -0.2) is 9.37 Å². The van der Waals surface area contributed by atoms with Crippen molar-refractivity contribution in [1.29, 1.82) is 0 Å². The Morgan fingerprint density at radius 1 is 0.935 bits per heavy atom. The van der Waals surface area contributed by atoms with Crippen LogP contribution in [-0.4, -0.2) is 10.9 Å². The van der Waals surface area contributed by atoms with Crippen LogP contribution in [0.4, 0.5) is 9.52 Å². The highest BCUT2D eigenvalue weighted by atomic mass is 32.1. The van der Waals surface area contributed by atoms with E-state index in [1.807, 2.05) is 24.3 Å². The van der Waals surface area contributed by atoms with Gasteiger partial charge in [-0.15, -0.1) is 0 Å². The van der Waals surface area contributed by atoms with Gasteiger partial charge in [-0.2, -0.15) is 0 Å².